The molecule has 6 aromatic carbocycles. The van der Waals surface area contributed by atoms with Crippen LogP contribution in [0.15, 0.2) is 155 Å². The number of rotatable bonds is 10. The highest BCUT2D eigenvalue weighted by Crippen LogP contribution is 2.50. The zero-order valence-corrected chi connectivity index (χ0v) is 44.4. The lowest BCUT2D eigenvalue weighted by molar-refractivity contribution is -0.118. The first-order valence-corrected chi connectivity index (χ1v) is 27.1. The van der Waals surface area contributed by atoms with Gasteiger partial charge in [0.25, 0.3) is 17.4 Å². The maximum Gasteiger partial charge on any atom is 0.296 e. The molecule has 0 spiro atoms. The molecule has 15 rings (SSSR count). The van der Waals surface area contributed by atoms with Gasteiger partial charge >= 0.3 is 0 Å². The van der Waals surface area contributed by atoms with Gasteiger partial charge in [-0.3, -0.25) is 28.8 Å². The predicted octanol–water partition coefficient (Wildman–Crippen LogP) is 8.72. The second kappa shape index (κ2) is 21.3. The molecule has 3 saturated carbocycles. The summed E-state index contributed by atoms with van der Waals surface area (Å²) in [6, 6.07) is 42.4. The highest BCUT2D eigenvalue weighted by atomic mass is 16.2. The molecule has 6 heterocycles. The molecular weight excluding hydrogens is 1060 g/mol. The van der Waals surface area contributed by atoms with Crippen molar-refractivity contribution in [2.75, 3.05) is 16.0 Å². The number of H-pyrrole nitrogens is 3. The summed E-state index contributed by atoms with van der Waals surface area (Å²) >= 11 is 0. The molecule has 0 radical (unpaired) electrons. The Morgan fingerprint density at radius 2 is 1.04 bits per heavy atom. The van der Waals surface area contributed by atoms with Crippen LogP contribution in [0.25, 0.3) is 55.8 Å². The summed E-state index contributed by atoms with van der Waals surface area (Å²) in [4.78, 5) is 84.5. The number of nitrogens with one attached hydrogen (secondary N) is 8. The lowest BCUT2D eigenvalue weighted by atomic mass is 10.0. The molecule has 5 aliphatic rings. The van der Waals surface area contributed by atoms with Gasteiger partial charge in [0.1, 0.15) is 18.0 Å². The number of hydrogen-bond donors (Lipinski definition) is 9. The summed E-state index contributed by atoms with van der Waals surface area (Å²) in [6.45, 7) is 3.81. The summed E-state index contributed by atoms with van der Waals surface area (Å²) in [5.74, 6) is -0.355. The number of hydrogen-bond acceptors (Lipinski definition) is 12. The lowest BCUT2D eigenvalue weighted by Gasteiger charge is -2.08. The minimum atomic E-state index is -0.492. The number of nitriles is 1. The summed E-state index contributed by atoms with van der Waals surface area (Å²) in [7, 11) is 0. The zero-order valence-electron chi connectivity index (χ0n) is 44.4. The maximum absolute atomic E-state index is 12.7. The van der Waals surface area contributed by atoms with Crippen molar-refractivity contribution in [2.45, 2.75) is 37.0 Å². The van der Waals surface area contributed by atoms with Gasteiger partial charge in [-0.15, -0.1) is 5.10 Å². The van der Waals surface area contributed by atoms with E-state index in [0.29, 0.717) is 77.4 Å². The number of aliphatic hydroxyl groups is 1. The SMILES string of the molecule is C=Cc1[nH]c2cc(NC(=O)C3C[C@H]3c3ccccc3)cc3c2c1C=NNC3=O.N#Cc1[nH]c2cc(NC(=O)C3C[C@H]3c3ccccc3)cc3c2c1C=NNC3=O.O=C(Nc1cc2[nH]c(=CO)c3cnnc(=O)c(c1)c23)C1C[C@H]1c1ccccc1. The van der Waals surface area contributed by atoms with E-state index in [1.807, 2.05) is 84.9 Å². The van der Waals surface area contributed by atoms with E-state index in [1.54, 1.807) is 42.6 Å². The van der Waals surface area contributed by atoms with Crippen molar-refractivity contribution < 1.29 is 29.1 Å². The molecule has 3 aliphatic carbocycles. The minimum absolute atomic E-state index is 0.0265. The van der Waals surface area contributed by atoms with Gasteiger partial charge in [0, 0.05) is 89.7 Å². The molecule has 84 heavy (non-hydrogen) atoms. The summed E-state index contributed by atoms with van der Waals surface area (Å²) < 4.78 is 0. The number of amides is 5. The molecule has 5 amide bonds. The molecular formula is C64H49N13O7. The van der Waals surface area contributed by atoms with Crippen LogP contribution in [0.3, 0.4) is 0 Å². The number of nitrogens with zero attached hydrogens (tertiary/aromatic N) is 5. The first kappa shape index (κ1) is 52.1. The quantitative estimate of drug-likeness (QED) is 0.0627. The highest BCUT2D eigenvalue weighted by molar-refractivity contribution is 6.18. The number of aromatic amines is 3. The standard InChI is InChI=1S/C22H18N4O2.C21H15N5O2.C21H16N4O3/c1-2-18-17-11-23-26-22(28)16-8-13(9-19(25-18)20(16)17)24-21(27)15-10-14(15)12-6-4-3-5-7-12;22-9-18-16-10-23-26-21(28)15-6-12(7-17(25-18)19(15)16)24-20(27)14-8-13(14)11-4-2-1-3-5-11;26-10-18-16-9-22-25-21(28)15-6-12(7-17(24-18)19(15)16)23-20(27)14-8-13(14)11-4-2-1-3-5-11/h2-9,11,14-15,25H,1,10H2,(H,24,27)(H,26,28);1-7,10,13-14,25H,8H2,(H,24,27)(H,26,28);1-7,9-10,13-14,24,26H,8H2,(H,23,27)/t14-,15?;2*13-,14?/m000/s1. The maximum atomic E-state index is 12.7. The van der Waals surface area contributed by atoms with Crippen molar-refractivity contribution >= 4 is 115 Å². The van der Waals surface area contributed by atoms with Gasteiger partial charge < -0.3 is 36.0 Å². The monoisotopic (exact) mass is 1110 g/mol. The van der Waals surface area contributed by atoms with Crippen LogP contribution >= 0.6 is 0 Å². The van der Waals surface area contributed by atoms with Gasteiger partial charge in [-0.05, 0) is 96.2 Å². The largest absolute Gasteiger partial charge is 0.513 e. The zero-order chi connectivity index (χ0) is 57.8. The molecule has 412 valence electrons. The van der Waals surface area contributed by atoms with Crippen LogP contribution in [0.5, 0.6) is 0 Å². The molecule has 2 aliphatic heterocycles. The van der Waals surface area contributed by atoms with Crippen LogP contribution in [0, 0.1) is 29.1 Å². The third-order valence-electron chi connectivity index (χ3n) is 16.0. The number of hydrazone groups is 2. The first-order valence-electron chi connectivity index (χ1n) is 27.1. The second-order valence-electron chi connectivity index (χ2n) is 21.2. The number of anilines is 3. The minimum Gasteiger partial charge on any atom is -0.513 e. The van der Waals surface area contributed by atoms with Crippen molar-refractivity contribution in [3.8, 4) is 6.07 Å². The average molecular weight is 1110 g/mol. The Morgan fingerprint density at radius 3 is 1.51 bits per heavy atom. The van der Waals surface area contributed by atoms with E-state index in [-0.39, 0.29) is 65.0 Å². The highest BCUT2D eigenvalue weighted by Gasteiger charge is 2.46. The van der Waals surface area contributed by atoms with Gasteiger partial charge in [-0.1, -0.05) is 97.6 Å². The third-order valence-corrected chi connectivity index (χ3v) is 16.0. The van der Waals surface area contributed by atoms with Gasteiger partial charge in [-0.25, -0.2) is 10.9 Å². The molecule has 9 N–H and O–H groups in total. The van der Waals surface area contributed by atoms with E-state index in [2.05, 4.69) is 86.9 Å². The Bertz CT molecular complexity index is 4620. The molecule has 0 bridgehead atoms. The molecule has 6 atom stereocenters. The molecule has 4 aromatic heterocycles. The van der Waals surface area contributed by atoms with Gasteiger partial charge in [0.05, 0.1) is 40.5 Å². The van der Waals surface area contributed by atoms with E-state index in [9.17, 15) is 39.1 Å². The third kappa shape index (κ3) is 9.84. The average Bonchev–Trinajstić information content (AvgIpc) is 4.43. The van der Waals surface area contributed by atoms with Crippen molar-refractivity contribution in [3.63, 3.8) is 0 Å². The summed E-state index contributed by atoms with van der Waals surface area (Å²) in [6.07, 6.45) is 9.57. The summed E-state index contributed by atoms with van der Waals surface area (Å²) in [5.41, 5.74) is 14.9. The predicted molar refractivity (Wildman–Crippen MR) is 319 cm³/mol. The number of aromatic nitrogens is 5. The molecule has 10 aromatic rings. The van der Waals surface area contributed by atoms with Crippen LogP contribution in [0.2, 0.25) is 0 Å². The fourth-order valence-corrected chi connectivity index (χ4v) is 11.6. The Labute approximate surface area is 476 Å². The van der Waals surface area contributed by atoms with Crippen LogP contribution in [0.1, 0.15) is 96.9 Å². The van der Waals surface area contributed by atoms with E-state index in [4.69, 9.17) is 0 Å². The van der Waals surface area contributed by atoms with Gasteiger partial charge in [0.2, 0.25) is 17.7 Å². The molecule has 3 fully saturated rings. The number of carbonyl (C=O) groups excluding carboxylic acids is 5. The van der Waals surface area contributed by atoms with Gasteiger partial charge in [-0.2, -0.15) is 20.6 Å². The Balaban J connectivity index is 0.000000118. The van der Waals surface area contributed by atoms with Gasteiger partial charge in [0.15, 0.2) is 0 Å². The number of benzene rings is 6. The first-order chi connectivity index (χ1) is 41.0. The van der Waals surface area contributed by atoms with E-state index >= 15 is 0 Å². The lowest BCUT2D eigenvalue weighted by Crippen LogP contribution is -2.18. The fourth-order valence-electron chi connectivity index (χ4n) is 11.6. The topological polar surface area (TPSA) is 304 Å². The van der Waals surface area contributed by atoms with Crippen molar-refractivity contribution in [1.82, 2.24) is 36.0 Å². The van der Waals surface area contributed by atoms with Crippen molar-refractivity contribution in [2.24, 2.45) is 28.0 Å². The molecule has 20 nitrogen and oxygen atoms in total. The Kier molecular flexibility index (Phi) is 13.2. The smallest absolute Gasteiger partial charge is 0.296 e. The van der Waals surface area contributed by atoms with Crippen LogP contribution in [-0.4, -0.2) is 72.2 Å². The van der Waals surface area contributed by atoms with E-state index < -0.39 is 5.56 Å². The summed E-state index contributed by atoms with van der Waals surface area (Å²) in [5, 5.41) is 46.2. The number of carbonyl (C=O) groups is 5. The Hall–Kier alpha value is -11.3. The van der Waals surface area contributed by atoms with Crippen LogP contribution in [0.4, 0.5) is 17.1 Å². The molecule has 3 unspecified atom stereocenters. The fraction of sp³-hybridized carbons (Fsp3) is 0.141. The van der Waals surface area contributed by atoms with Crippen molar-refractivity contribution in [3.05, 3.63) is 206 Å². The molecule has 20 heteroatoms. The second-order valence-corrected chi connectivity index (χ2v) is 21.2. The van der Waals surface area contributed by atoms with Crippen molar-refractivity contribution in [1.29, 1.82) is 5.26 Å². The molecule has 0 saturated heterocycles. The van der Waals surface area contributed by atoms with Crippen LogP contribution < -0.4 is 37.7 Å². The van der Waals surface area contributed by atoms with E-state index in [1.165, 1.54) is 18.0 Å². The van der Waals surface area contributed by atoms with Crippen LogP contribution in [-0.2, 0) is 14.4 Å². The normalized spacial score (nSPS) is 19.5. The Morgan fingerprint density at radius 1 is 0.583 bits per heavy atom. The number of aliphatic hydroxyl groups excluding tert-OH is 1. The van der Waals surface area contributed by atoms with E-state index in [0.717, 1.165) is 58.8 Å².